The molecule has 0 unspecified atom stereocenters. The molecule has 1 aliphatic carbocycles. The van der Waals surface area contributed by atoms with Gasteiger partial charge < -0.3 is 21.1 Å². The highest BCUT2D eigenvalue weighted by Gasteiger charge is 2.33. The summed E-state index contributed by atoms with van der Waals surface area (Å²) in [6.07, 6.45) is 5.76. The summed E-state index contributed by atoms with van der Waals surface area (Å²) in [5.41, 5.74) is 7.67. The number of fused-ring (bicyclic) bond motifs is 1. The number of hydrogen-bond acceptors (Lipinski definition) is 5. The second kappa shape index (κ2) is 5.37. The predicted molar refractivity (Wildman–Crippen MR) is 83.3 cm³/mol. The number of nitrogens with one attached hydrogen (secondary N) is 2. The second-order valence-corrected chi connectivity index (χ2v) is 5.91. The number of aliphatic hydroxyl groups excluding tert-OH is 1. The Morgan fingerprint density at radius 2 is 2.14 bits per heavy atom. The van der Waals surface area contributed by atoms with Crippen molar-refractivity contribution in [1.29, 1.82) is 0 Å². The maximum absolute atomic E-state index is 11.7. The molecular weight excluding hydrogens is 268 g/mol. The standard InChI is InChI=1S/C15H20N4O2/c16-11-5-10-12(18-9-19-14(10)21)6-13(11)17-7-15(8-20)3-1-2-4-15/h5-6,9,17,20H,1-4,7-8,16H2,(H,18,19,21). The molecule has 1 aromatic carbocycles. The third kappa shape index (κ3) is 2.58. The van der Waals surface area contributed by atoms with Crippen LogP contribution in [0.15, 0.2) is 23.3 Å². The molecule has 1 heterocycles. The van der Waals surface area contributed by atoms with E-state index in [0.717, 1.165) is 31.4 Å². The highest BCUT2D eigenvalue weighted by molar-refractivity contribution is 5.88. The van der Waals surface area contributed by atoms with Crippen molar-refractivity contribution < 1.29 is 5.11 Å². The molecular formula is C15H20N4O2. The van der Waals surface area contributed by atoms with Crippen molar-refractivity contribution in [2.45, 2.75) is 25.7 Å². The summed E-state index contributed by atoms with van der Waals surface area (Å²) in [6, 6.07) is 3.43. The van der Waals surface area contributed by atoms with Crippen LogP contribution < -0.4 is 16.6 Å². The van der Waals surface area contributed by atoms with Gasteiger partial charge in [0.05, 0.1) is 35.2 Å². The average Bonchev–Trinajstić information content (AvgIpc) is 2.96. The van der Waals surface area contributed by atoms with Gasteiger partial charge in [-0.25, -0.2) is 4.98 Å². The van der Waals surface area contributed by atoms with Crippen LogP contribution in [0, 0.1) is 5.41 Å². The van der Waals surface area contributed by atoms with E-state index in [0.29, 0.717) is 23.1 Å². The molecule has 0 radical (unpaired) electrons. The van der Waals surface area contributed by atoms with Crippen molar-refractivity contribution in [3.63, 3.8) is 0 Å². The smallest absolute Gasteiger partial charge is 0.258 e. The summed E-state index contributed by atoms with van der Waals surface area (Å²) in [5.74, 6) is 0. The zero-order valence-corrected chi connectivity index (χ0v) is 11.9. The van der Waals surface area contributed by atoms with Crippen LogP contribution in [-0.2, 0) is 0 Å². The van der Waals surface area contributed by atoms with Crippen molar-refractivity contribution in [2.75, 3.05) is 24.2 Å². The Bertz CT molecular complexity index is 704. The molecule has 21 heavy (non-hydrogen) atoms. The number of benzene rings is 1. The largest absolute Gasteiger partial charge is 0.397 e. The molecule has 0 aliphatic heterocycles. The molecule has 0 spiro atoms. The van der Waals surface area contributed by atoms with E-state index in [1.54, 1.807) is 12.1 Å². The predicted octanol–water partition coefficient (Wildman–Crippen LogP) is 1.47. The maximum atomic E-state index is 11.7. The number of aliphatic hydroxyl groups is 1. The van der Waals surface area contributed by atoms with Gasteiger partial charge in [0, 0.05) is 12.0 Å². The highest BCUT2D eigenvalue weighted by atomic mass is 16.3. The minimum absolute atomic E-state index is 0.0526. The number of nitrogens with two attached hydrogens (primary N) is 1. The lowest BCUT2D eigenvalue weighted by molar-refractivity contribution is 0.142. The number of nitrogen functional groups attached to an aromatic ring is 1. The van der Waals surface area contributed by atoms with Crippen LogP contribution in [0.3, 0.4) is 0 Å². The zero-order valence-electron chi connectivity index (χ0n) is 11.9. The molecule has 0 saturated heterocycles. The van der Waals surface area contributed by atoms with E-state index < -0.39 is 0 Å². The Morgan fingerprint density at radius 3 is 2.86 bits per heavy atom. The number of rotatable bonds is 4. The van der Waals surface area contributed by atoms with Gasteiger partial charge in [-0.05, 0) is 25.0 Å². The Balaban J connectivity index is 1.87. The van der Waals surface area contributed by atoms with Gasteiger partial charge in [0.1, 0.15) is 0 Å². The number of nitrogens with zero attached hydrogens (tertiary/aromatic N) is 1. The van der Waals surface area contributed by atoms with Gasteiger partial charge in [0.25, 0.3) is 5.56 Å². The SMILES string of the molecule is Nc1cc2c(=O)[nH]cnc2cc1NCC1(CO)CCCC1. The van der Waals surface area contributed by atoms with Gasteiger partial charge in [-0.1, -0.05) is 12.8 Å². The molecule has 112 valence electrons. The monoisotopic (exact) mass is 288 g/mol. The Morgan fingerprint density at radius 1 is 1.38 bits per heavy atom. The van der Waals surface area contributed by atoms with E-state index in [1.807, 2.05) is 0 Å². The van der Waals surface area contributed by atoms with Crippen LogP contribution in [0.2, 0.25) is 0 Å². The van der Waals surface area contributed by atoms with Crippen molar-refractivity contribution in [2.24, 2.45) is 5.41 Å². The number of hydrogen-bond donors (Lipinski definition) is 4. The Hall–Kier alpha value is -2.08. The van der Waals surface area contributed by atoms with Crippen LogP contribution in [0.4, 0.5) is 11.4 Å². The van der Waals surface area contributed by atoms with Crippen LogP contribution >= 0.6 is 0 Å². The normalized spacial score (nSPS) is 17.2. The molecule has 1 saturated carbocycles. The summed E-state index contributed by atoms with van der Waals surface area (Å²) >= 11 is 0. The molecule has 2 aromatic rings. The Labute approximate surface area is 122 Å². The van der Waals surface area contributed by atoms with Crippen LogP contribution in [0.25, 0.3) is 10.9 Å². The van der Waals surface area contributed by atoms with Crippen molar-refractivity contribution in [3.8, 4) is 0 Å². The first-order valence-corrected chi connectivity index (χ1v) is 7.25. The molecule has 6 nitrogen and oxygen atoms in total. The Kier molecular flexibility index (Phi) is 3.55. The quantitative estimate of drug-likeness (QED) is 0.638. The fraction of sp³-hybridized carbons (Fsp3) is 0.467. The van der Waals surface area contributed by atoms with Gasteiger partial charge in [-0.2, -0.15) is 0 Å². The molecule has 0 bridgehead atoms. The van der Waals surface area contributed by atoms with Gasteiger partial charge >= 0.3 is 0 Å². The number of anilines is 2. The van der Waals surface area contributed by atoms with Crippen molar-refractivity contribution in [1.82, 2.24) is 9.97 Å². The first-order chi connectivity index (χ1) is 10.1. The molecule has 5 N–H and O–H groups in total. The van der Waals surface area contributed by atoms with E-state index >= 15 is 0 Å². The molecule has 1 aliphatic rings. The number of aromatic amines is 1. The lowest BCUT2D eigenvalue weighted by atomic mass is 9.87. The van der Waals surface area contributed by atoms with E-state index in [4.69, 9.17) is 5.73 Å². The van der Waals surface area contributed by atoms with Crippen LogP contribution in [-0.4, -0.2) is 28.2 Å². The summed E-state index contributed by atoms with van der Waals surface area (Å²) in [6.45, 7) is 0.869. The van der Waals surface area contributed by atoms with Gasteiger partial charge in [-0.3, -0.25) is 4.79 Å². The molecule has 0 atom stereocenters. The fourth-order valence-corrected chi connectivity index (χ4v) is 3.08. The molecule has 0 amide bonds. The topological polar surface area (TPSA) is 104 Å². The number of H-pyrrole nitrogens is 1. The summed E-state index contributed by atoms with van der Waals surface area (Å²) in [7, 11) is 0. The van der Waals surface area contributed by atoms with Crippen molar-refractivity contribution in [3.05, 3.63) is 28.8 Å². The van der Waals surface area contributed by atoms with E-state index in [1.165, 1.54) is 6.33 Å². The molecule has 1 aromatic heterocycles. The molecule has 3 rings (SSSR count). The minimum atomic E-state index is -0.194. The highest BCUT2D eigenvalue weighted by Crippen LogP contribution is 2.38. The lowest BCUT2D eigenvalue weighted by Crippen LogP contribution is -2.30. The third-order valence-corrected chi connectivity index (χ3v) is 4.47. The fourth-order valence-electron chi connectivity index (χ4n) is 3.08. The van der Waals surface area contributed by atoms with E-state index in [9.17, 15) is 9.90 Å². The molecule has 6 heteroatoms. The first-order valence-electron chi connectivity index (χ1n) is 7.25. The lowest BCUT2D eigenvalue weighted by Gasteiger charge is -2.27. The van der Waals surface area contributed by atoms with Crippen LogP contribution in [0.5, 0.6) is 0 Å². The molecule has 1 fully saturated rings. The van der Waals surface area contributed by atoms with E-state index in [-0.39, 0.29) is 17.6 Å². The van der Waals surface area contributed by atoms with Gasteiger partial charge in [0.2, 0.25) is 0 Å². The minimum Gasteiger partial charge on any atom is -0.397 e. The maximum Gasteiger partial charge on any atom is 0.258 e. The summed E-state index contributed by atoms with van der Waals surface area (Å²) in [5, 5.41) is 13.4. The van der Waals surface area contributed by atoms with Crippen molar-refractivity contribution >= 4 is 22.3 Å². The number of aromatic nitrogens is 2. The first kappa shape index (κ1) is 13.9. The van der Waals surface area contributed by atoms with Gasteiger partial charge in [0.15, 0.2) is 0 Å². The third-order valence-electron chi connectivity index (χ3n) is 4.47. The van der Waals surface area contributed by atoms with Crippen LogP contribution in [0.1, 0.15) is 25.7 Å². The summed E-state index contributed by atoms with van der Waals surface area (Å²) < 4.78 is 0. The zero-order chi connectivity index (χ0) is 14.9. The summed E-state index contributed by atoms with van der Waals surface area (Å²) in [4.78, 5) is 18.4. The second-order valence-electron chi connectivity index (χ2n) is 5.91. The van der Waals surface area contributed by atoms with Gasteiger partial charge in [-0.15, -0.1) is 0 Å². The average molecular weight is 288 g/mol. The van der Waals surface area contributed by atoms with E-state index in [2.05, 4.69) is 15.3 Å².